The van der Waals surface area contributed by atoms with Gasteiger partial charge in [-0.15, -0.1) is 0 Å². The van der Waals surface area contributed by atoms with E-state index in [9.17, 15) is 5.11 Å². The summed E-state index contributed by atoms with van der Waals surface area (Å²) in [4.78, 5) is 8.27. The molecule has 4 heteroatoms. The second-order valence-corrected chi connectivity index (χ2v) is 4.12. The van der Waals surface area contributed by atoms with Gasteiger partial charge >= 0.3 is 0 Å². The Kier molecular flexibility index (Phi) is 3.40. The maximum atomic E-state index is 9.60. The standard InChI is InChI=1S/C13H11ClN2O/c1-9-4-12(8-15-6-9)16-7-10-5-11(14)2-3-13(10)17/h2-8,17H,1H3. The van der Waals surface area contributed by atoms with E-state index in [4.69, 9.17) is 11.6 Å². The van der Waals surface area contributed by atoms with Crippen molar-refractivity contribution in [3.8, 4) is 5.75 Å². The molecule has 17 heavy (non-hydrogen) atoms. The number of pyridine rings is 1. The van der Waals surface area contributed by atoms with Gasteiger partial charge in [-0.2, -0.15) is 0 Å². The van der Waals surface area contributed by atoms with Crippen molar-refractivity contribution in [3.63, 3.8) is 0 Å². The predicted octanol–water partition coefficient (Wildman–Crippen LogP) is 3.50. The molecule has 0 unspecified atom stereocenters. The van der Waals surface area contributed by atoms with E-state index >= 15 is 0 Å². The molecule has 0 amide bonds. The summed E-state index contributed by atoms with van der Waals surface area (Å²) in [5.41, 5.74) is 2.36. The molecule has 0 atom stereocenters. The average molecular weight is 247 g/mol. The fraction of sp³-hybridized carbons (Fsp3) is 0.0769. The molecular weight excluding hydrogens is 236 g/mol. The summed E-state index contributed by atoms with van der Waals surface area (Å²) in [6.45, 7) is 1.95. The molecule has 1 heterocycles. The van der Waals surface area contributed by atoms with Crippen molar-refractivity contribution in [2.24, 2.45) is 4.99 Å². The fourth-order valence-corrected chi connectivity index (χ4v) is 1.56. The normalized spacial score (nSPS) is 10.9. The molecule has 0 fully saturated rings. The highest BCUT2D eigenvalue weighted by molar-refractivity contribution is 6.30. The first-order chi connectivity index (χ1) is 8.15. The second-order valence-electron chi connectivity index (χ2n) is 3.68. The Morgan fingerprint density at radius 3 is 2.88 bits per heavy atom. The summed E-state index contributed by atoms with van der Waals surface area (Å²) >= 11 is 5.84. The van der Waals surface area contributed by atoms with E-state index in [1.807, 2.05) is 13.0 Å². The summed E-state index contributed by atoms with van der Waals surface area (Å²) in [6, 6.07) is 6.73. The van der Waals surface area contributed by atoms with Crippen LogP contribution in [0.15, 0.2) is 41.7 Å². The Hall–Kier alpha value is -1.87. The van der Waals surface area contributed by atoms with Crippen molar-refractivity contribution in [2.75, 3.05) is 0 Å². The topological polar surface area (TPSA) is 45.5 Å². The van der Waals surface area contributed by atoms with Crippen molar-refractivity contribution < 1.29 is 5.11 Å². The number of benzene rings is 1. The fourth-order valence-electron chi connectivity index (χ4n) is 1.38. The van der Waals surface area contributed by atoms with Gasteiger partial charge in [0.25, 0.3) is 0 Å². The first-order valence-corrected chi connectivity index (χ1v) is 5.47. The van der Waals surface area contributed by atoms with Crippen LogP contribution < -0.4 is 0 Å². The Morgan fingerprint density at radius 1 is 1.29 bits per heavy atom. The SMILES string of the molecule is Cc1cncc(N=Cc2cc(Cl)ccc2O)c1. The van der Waals surface area contributed by atoms with E-state index in [2.05, 4.69) is 9.98 Å². The lowest BCUT2D eigenvalue weighted by Gasteiger charge is -1.99. The molecule has 0 spiro atoms. The number of aliphatic imine (C=N–C) groups is 1. The van der Waals surface area contributed by atoms with Gasteiger partial charge in [0.2, 0.25) is 0 Å². The number of rotatable bonds is 2. The van der Waals surface area contributed by atoms with E-state index in [1.165, 1.54) is 6.07 Å². The van der Waals surface area contributed by atoms with Crippen LogP contribution in [0.3, 0.4) is 0 Å². The van der Waals surface area contributed by atoms with Gasteiger partial charge in [0.1, 0.15) is 5.75 Å². The second kappa shape index (κ2) is 4.97. The third-order valence-corrected chi connectivity index (χ3v) is 2.44. The molecule has 3 nitrogen and oxygen atoms in total. The molecule has 86 valence electrons. The van der Waals surface area contributed by atoms with Crippen LogP contribution in [0.2, 0.25) is 5.02 Å². The molecule has 0 radical (unpaired) electrons. The molecule has 0 saturated heterocycles. The summed E-state index contributed by atoms with van der Waals surface area (Å²) in [7, 11) is 0. The van der Waals surface area contributed by atoms with Crippen LogP contribution in [0.25, 0.3) is 0 Å². The number of aromatic hydroxyl groups is 1. The number of hydrogen-bond donors (Lipinski definition) is 1. The Balaban J connectivity index is 2.29. The molecule has 1 aromatic heterocycles. The van der Waals surface area contributed by atoms with Crippen LogP contribution in [-0.2, 0) is 0 Å². The largest absolute Gasteiger partial charge is 0.507 e. The maximum Gasteiger partial charge on any atom is 0.124 e. The molecule has 0 aliphatic rings. The highest BCUT2D eigenvalue weighted by atomic mass is 35.5. The molecule has 1 N–H and O–H groups in total. The third-order valence-electron chi connectivity index (χ3n) is 2.20. The van der Waals surface area contributed by atoms with Gasteiger partial charge in [-0.25, -0.2) is 0 Å². The van der Waals surface area contributed by atoms with E-state index in [0.717, 1.165) is 11.3 Å². The van der Waals surface area contributed by atoms with Crippen molar-refractivity contribution in [2.45, 2.75) is 6.92 Å². The number of aromatic nitrogens is 1. The minimum atomic E-state index is 0.152. The Morgan fingerprint density at radius 2 is 2.12 bits per heavy atom. The molecular formula is C13H11ClN2O. The van der Waals surface area contributed by atoms with Crippen LogP contribution in [0.5, 0.6) is 5.75 Å². The Bertz CT molecular complexity index is 567. The number of phenolic OH excluding ortho intramolecular Hbond substituents is 1. The van der Waals surface area contributed by atoms with E-state index in [-0.39, 0.29) is 5.75 Å². The quantitative estimate of drug-likeness (QED) is 0.825. The average Bonchev–Trinajstić information content (AvgIpc) is 2.30. The lowest BCUT2D eigenvalue weighted by molar-refractivity contribution is 0.474. The zero-order valence-corrected chi connectivity index (χ0v) is 10.0. The van der Waals surface area contributed by atoms with Crippen molar-refractivity contribution >= 4 is 23.5 Å². The van der Waals surface area contributed by atoms with Crippen molar-refractivity contribution in [3.05, 3.63) is 52.8 Å². The zero-order valence-electron chi connectivity index (χ0n) is 9.26. The summed E-state index contributed by atoms with van der Waals surface area (Å²) in [5, 5.41) is 10.2. The minimum Gasteiger partial charge on any atom is -0.507 e. The summed E-state index contributed by atoms with van der Waals surface area (Å²) in [5.74, 6) is 0.152. The molecule has 0 saturated carbocycles. The molecule has 0 aliphatic heterocycles. The molecule has 0 aliphatic carbocycles. The molecule has 1 aromatic carbocycles. The van der Waals surface area contributed by atoms with Crippen molar-refractivity contribution in [1.29, 1.82) is 0 Å². The van der Waals surface area contributed by atoms with Crippen LogP contribution in [0.4, 0.5) is 5.69 Å². The highest BCUT2D eigenvalue weighted by Crippen LogP contribution is 2.20. The molecule has 2 aromatic rings. The highest BCUT2D eigenvalue weighted by Gasteiger charge is 1.99. The number of phenols is 1. The molecule has 2 rings (SSSR count). The van der Waals surface area contributed by atoms with Gasteiger partial charge in [0, 0.05) is 23.0 Å². The lowest BCUT2D eigenvalue weighted by Crippen LogP contribution is -1.82. The van der Waals surface area contributed by atoms with Gasteiger partial charge in [-0.3, -0.25) is 9.98 Å². The van der Waals surface area contributed by atoms with Crippen LogP contribution >= 0.6 is 11.6 Å². The number of halogens is 1. The lowest BCUT2D eigenvalue weighted by atomic mass is 10.2. The first-order valence-electron chi connectivity index (χ1n) is 5.09. The van der Waals surface area contributed by atoms with Crippen LogP contribution in [0.1, 0.15) is 11.1 Å². The number of nitrogens with zero attached hydrogens (tertiary/aromatic N) is 2. The van der Waals surface area contributed by atoms with E-state index in [0.29, 0.717) is 10.6 Å². The number of aryl methyl sites for hydroxylation is 1. The summed E-state index contributed by atoms with van der Waals surface area (Å²) < 4.78 is 0. The summed E-state index contributed by atoms with van der Waals surface area (Å²) in [6.07, 6.45) is 4.98. The van der Waals surface area contributed by atoms with Gasteiger partial charge in [-0.05, 0) is 36.8 Å². The van der Waals surface area contributed by atoms with Crippen LogP contribution in [-0.4, -0.2) is 16.3 Å². The van der Waals surface area contributed by atoms with Crippen molar-refractivity contribution in [1.82, 2.24) is 4.98 Å². The predicted molar refractivity (Wildman–Crippen MR) is 69.3 cm³/mol. The third kappa shape index (κ3) is 3.04. The minimum absolute atomic E-state index is 0.152. The van der Waals surface area contributed by atoms with Gasteiger partial charge < -0.3 is 5.11 Å². The number of hydrogen-bond acceptors (Lipinski definition) is 3. The maximum absolute atomic E-state index is 9.60. The van der Waals surface area contributed by atoms with Gasteiger partial charge in [0.05, 0.1) is 11.9 Å². The first kappa shape index (κ1) is 11.6. The smallest absolute Gasteiger partial charge is 0.124 e. The zero-order chi connectivity index (χ0) is 12.3. The molecule has 0 bridgehead atoms. The van der Waals surface area contributed by atoms with Gasteiger partial charge in [0.15, 0.2) is 0 Å². The van der Waals surface area contributed by atoms with Crippen LogP contribution in [0, 0.1) is 6.92 Å². The van der Waals surface area contributed by atoms with E-state index in [1.54, 1.807) is 30.7 Å². The van der Waals surface area contributed by atoms with E-state index < -0.39 is 0 Å². The Labute approximate surface area is 104 Å². The van der Waals surface area contributed by atoms with Gasteiger partial charge in [-0.1, -0.05) is 11.6 Å². The monoisotopic (exact) mass is 246 g/mol.